The van der Waals surface area contributed by atoms with Crippen LogP contribution in [0.15, 0.2) is 71.9 Å². The lowest BCUT2D eigenvalue weighted by molar-refractivity contribution is 0.111. The van der Waals surface area contributed by atoms with Crippen molar-refractivity contribution >= 4 is 17.8 Å². The molecule has 0 fully saturated rings. The molecule has 0 atom stereocenters. The number of aliphatic imine (C=N–C) groups is 1. The molecule has 0 spiro atoms. The van der Waals surface area contributed by atoms with Gasteiger partial charge in [-0.1, -0.05) is 38.6 Å². The lowest BCUT2D eigenvalue weighted by atomic mass is 9.83. The molecule has 0 unspecified atom stereocenters. The van der Waals surface area contributed by atoms with Gasteiger partial charge in [-0.25, -0.2) is 13.8 Å². The van der Waals surface area contributed by atoms with E-state index in [1.807, 2.05) is 19.3 Å². The zero-order valence-electron chi connectivity index (χ0n) is 19.2. The van der Waals surface area contributed by atoms with Gasteiger partial charge in [0.15, 0.2) is 6.29 Å². The summed E-state index contributed by atoms with van der Waals surface area (Å²) in [5, 5.41) is 3.05. The van der Waals surface area contributed by atoms with Gasteiger partial charge in [-0.15, -0.1) is 0 Å². The van der Waals surface area contributed by atoms with E-state index >= 15 is 0 Å². The van der Waals surface area contributed by atoms with E-state index in [1.54, 1.807) is 0 Å². The molecule has 4 nitrogen and oxygen atoms in total. The highest BCUT2D eigenvalue weighted by Crippen LogP contribution is 2.35. The standard InChI is InChI=1S/C20H23N3.C7H4F2O/c1-13-6-7-15(19-14(2)20(3,4)12-23-19)10-17(13)16-8-9-18(21-5)22-11-16;8-6-2-1-3-7(9)5(6)4-10/h6-11H,2,12H2,1,3-5H3,(H,21,22);1-4H. The predicted molar refractivity (Wildman–Crippen MR) is 130 cm³/mol. The second-order valence-corrected chi connectivity index (χ2v) is 8.49. The molecule has 1 aromatic heterocycles. The number of aryl methyl sites for hydroxylation is 1. The molecular weight excluding hydrogens is 420 g/mol. The second-order valence-electron chi connectivity index (χ2n) is 8.49. The van der Waals surface area contributed by atoms with Crippen molar-refractivity contribution in [3.05, 3.63) is 95.2 Å². The van der Waals surface area contributed by atoms with Crippen LogP contribution in [-0.4, -0.2) is 30.6 Å². The minimum atomic E-state index is -0.824. The zero-order valence-corrected chi connectivity index (χ0v) is 19.2. The molecule has 1 N–H and O–H groups in total. The monoisotopic (exact) mass is 447 g/mol. The molecule has 1 aliphatic rings. The molecule has 0 amide bonds. The van der Waals surface area contributed by atoms with E-state index in [0.717, 1.165) is 46.9 Å². The normalized spacial score (nSPS) is 14.2. The smallest absolute Gasteiger partial charge is 0.155 e. The summed E-state index contributed by atoms with van der Waals surface area (Å²) in [6.07, 6.45) is 2.07. The second kappa shape index (κ2) is 9.86. The molecule has 170 valence electrons. The van der Waals surface area contributed by atoms with E-state index in [2.05, 4.69) is 61.9 Å². The van der Waals surface area contributed by atoms with E-state index in [1.165, 1.54) is 17.2 Å². The Morgan fingerprint density at radius 2 is 1.73 bits per heavy atom. The topological polar surface area (TPSA) is 54.4 Å². The molecule has 3 aromatic rings. The molecule has 33 heavy (non-hydrogen) atoms. The number of nitrogens with zero attached hydrogens (tertiary/aromatic N) is 2. The summed E-state index contributed by atoms with van der Waals surface area (Å²) in [4.78, 5) is 19.1. The van der Waals surface area contributed by atoms with Gasteiger partial charge in [0.2, 0.25) is 0 Å². The number of hydrogen-bond acceptors (Lipinski definition) is 4. The SMILES string of the molecule is C=C1C(c2ccc(C)c(-c3ccc(NC)nc3)c2)=NCC1(C)C.O=Cc1c(F)cccc1F. The Morgan fingerprint density at radius 1 is 1.06 bits per heavy atom. The molecule has 0 radical (unpaired) electrons. The van der Waals surface area contributed by atoms with Crippen molar-refractivity contribution in [2.24, 2.45) is 10.4 Å². The third-order valence-corrected chi connectivity index (χ3v) is 5.69. The highest BCUT2D eigenvalue weighted by Gasteiger charge is 2.31. The van der Waals surface area contributed by atoms with E-state index in [9.17, 15) is 13.6 Å². The van der Waals surface area contributed by atoms with Gasteiger partial charge in [0.25, 0.3) is 0 Å². The number of carbonyl (C=O) groups is 1. The first-order valence-electron chi connectivity index (χ1n) is 10.6. The summed E-state index contributed by atoms with van der Waals surface area (Å²) in [5.41, 5.74) is 6.38. The minimum absolute atomic E-state index is 0.0520. The summed E-state index contributed by atoms with van der Waals surface area (Å²) in [5.74, 6) is -0.775. The van der Waals surface area contributed by atoms with E-state index < -0.39 is 17.2 Å². The van der Waals surface area contributed by atoms with Crippen molar-refractivity contribution in [2.75, 3.05) is 18.9 Å². The van der Waals surface area contributed by atoms with Gasteiger partial charge in [-0.2, -0.15) is 0 Å². The fourth-order valence-corrected chi connectivity index (χ4v) is 3.46. The molecular formula is C27H27F2N3O. The number of aromatic nitrogens is 1. The van der Waals surface area contributed by atoms with Crippen molar-refractivity contribution in [3.8, 4) is 11.1 Å². The van der Waals surface area contributed by atoms with Crippen LogP contribution in [0.3, 0.4) is 0 Å². The van der Waals surface area contributed by atoms with Crippen LogP contribution in [0.25, 0.3) is 11.1 Å². The fourth-order valence-electron chi connectivity index (χ4n) is 3.46. The van der Waals surface area contributed by atoms with Gasteiger partial charge in [0.05, 0.1) is 11.3 Å². The Hall–Kier alpha value is -3.67. The number of halogens is 2. The Labute approximate surface area is 193 Å². The molecule has 4 rings (SSSR count). The van der Waals surface area contributed by atoms with E-state index in [0.29, 0.717) is 0 Å². The summed E-state index contributed by atoms with van der Waals surface area (Å²) < 4.78 is 24.8. The predicted octanol–water partition coefficient (Wildman–Crippen LogP) is 6.26. The van der Waals surface area contributed by atoms with Crippen LogP contribution in [0, 0.1) is 24.0 Å². The molecule has 0 bridgehead atoms. The van der Waals surface area contributed by atoms with E-state index in [-0.39, 0.29) is 11.7 Å². The summed E-state index contributed by atoms with van der Waals surface area (Å²) >= 11 is 0. The first-order chi connectivity index (χ1) is 15.7. The summed E-state index contributed by atoms with van der Waals surface area (Å²) in [6.45, 7) is 11.6. The van der Waals surface area contributed by atoms with Gasteiger partial charge >= 0.3 is 0 Å². The van der Waals surface area contributed by atoms with Gasteiger partial charge in [-0.05, 0) is 54.0 Å². The maximum atomic E-state index is 12.4. The van der Waals surface area contributed by atoms with Crippen molar-refractivity contribution in [1.82, 2.24) is 4.98 Å². The Balaban J connectivity index is 0.000000257. The molecule has 0 aliphatic carbocycles. The van der Waals surface area contributed by atoms with Crippen LogP contribution in [0.2, 0.25) is 0 Å². The van der Waals surface area contributed by atoms with Crippen LogP contribution in [0.4, 0.5) is 14.6 Å². The Kier molecular flexibility index (Phi) is 7.16. The number of benzene rings is 2. The largest absolute Gasteiger partial charge is 0.373 e. The highest BCUT2D eigenvalue weighted by atomic mass is 19.1. The number of carbonyl (C=O) groups excluding carboxylic acids is 1. The van der Waals surface area contributed by atoms with Crippen LogP contribution in [0.5, 0.6) is 0 Å². The molecule has 0 saturated heterocycles. The van der Waals surface area contributed by atoms with Gasteiger partial charge in [0.1, 0.15) is 17.5 Å². The molecule has 6 heteroatoms. The molecule has 2 aromatic carbocycles. The van der Waals surface area contributed by atoms with Crippen LogP contribution in [0.1, 0.15) is 35.3 Å². The highest BCUT2D eigenvalue weighted by molar-refractivity contribution is 6.14. The first kappa shape index (κ1) is 24.0. The number of hydrogen-bond donors (Lipinski definition) is 1. The van der Waals surface area contributed by atoms with E-state index in [4.69, 9.17) is 4.99 Å². The lowest BCUT2D eigenvalue weighted by Gasteiger charge is -2.19. The first-order valence-corrected chi connectivity index (χ1v) is 10.6. The Bertz CT molecular complexity index is 1190. The van der Waals surface area contributed by atoms with Gasteiger partial charge in [-0.3, -0.25) is 9.79 Å². The van der Waals surface area contributed by atoms with Crippen LogP contribution >= 0.6 is 0 Å². The maximum Gasteiger partial charge on any atom is 0.155 e. The minimum Gasteiger partial charge on any atom is -0.373 e. The summed E-state index contributed by atoms with van der Waals surface area (Å²) in [7, 11) is 1.87. The number of pyridine rings is 1. The van der Waals surface area contributed by atoms with Crippen LogP contribution < -0.4 is 5.32 Å². The molecule has 2 heterocycles. The van der Waals surface area contributed by atoms with Crippen molar-refractivity contribution in [1.29, 1.82) is 0 Å². The third-order valence-electron chi connectivity index (χ3n) is 5.69. The number of aldehydes is 1. The summed E-state index contributed by atoms with van der Waals surface area (Å²) in [6, 6.07) is 13.9. The quantitative estimate of drug-likeness (QED) is 0.480. The maximum absolute atomic E-state index is 12.4. The average molecular weight is 448 g/mol. The lowest BCUT2D eigenvalue weighted by Crippen LogP contribution is -2.16. The van der Waals surface area contributed by atoms with Crippen molar-refractivity contribution in [2.45, 2.75) is 20.8 Å². The Morgan fingerprint density at radius 3 is 2.21 bits per heavy atom. The molecule has 0 saturated carbocycles. The van der Waals surface area contributed by atoms with Crippen molar-refractivity contribution in [3.63, 3.8) is 0 Å². The van der Waals surface area contributed by atoms with Crippen LogP contribution in [-0.2, 0) is 0 Å². The zero-order chi connectivity index (χ0) is 24.2. The number of anilines is 1. The fraction of sp³-hybridized carbons (Fsp3) is 0.222. The average Bonchev–Trinajstić information content (AvgIpc) is 3.07. The van der Waals surface area contributed by atoms with Crippen molar-refractivity contribution < 1.29 is 13.6 Å². The third kappa shape index (κ3) is 5.22. The van der Waals surface area contributed by atoms with Gasteiger partial charge in [0, 0.05) is 36.3 Å². The number of rotatable bonds is 4. The van der Waals surface area contributed by atoms with Gasteiger partial charge < -0.3 is 5.32 Å². The number of nitrogens with one attached hydrogen (secondary N) is 1. The molecule has 1 aliphatic heterocycles.